The highest BCUT2D eigenvalue weighted by atomic mass is 35.5. The van der Waals surface area contributed by atoms with Crippen LogP contribution in [0, 0.1) is 0 Å². The summed E-state index contributed by atoms with van der Waals surface area (Å²) < 4.78 is 5.74. The maximum atomic E-state index is 13.1. The van der Waals surface area contributed by atoms with Gasteiger partial charge in [0.15, 0.2) is 0 Å². The molecular formula is C29H24ClN5O2. The van der Waals surface area contributed by atoms with Crippen molar-refractivity contribution in [2.24, 2.45) is 0 Å². The van der Waals surface area contributed by atoms with Crippen LogP contribution in [0.15, 0.2) is 89.5 Å². The molecule has 0 unspecified atom stereocenters. The minimum atomic E-state index is -0.0576. The standard InChI is InChI=1S/C29H24ClN5O2/c30-23-14-8-7-13-22(23)29(36)35-17-15-34(16-18-35)27-25-26(21-11-5-2-6-12-21)33-37-28(25)32-24(31-27)19-20-9-3-1-4-10-20/h1-14H,15-19H2. The minimum Gasteiger partial charge on any atom is -0.352 e. The Bertz CT molecular complexity index is 1550. The maximum Gasteiger partial charge on any atom is 0.263 e. The third-order valence-corrected chi connectivity index (χ3v) is 6.92. The van der Waals surface area contributed by atoms with Gasteiger partial charge in [0.25, 0.3) is 11.6 Å². The Morgan fingerprint density at radius 3 is 2.24 bits per heavy atom. The average molecular weight is 510 g/mol. The van der Waals surface area contributed by atoms with Gasteiger partial charge >= 0.3 is 0 Å². The summed E-state index contributed by atoms with van der Waals surface area (Å²) in [4.78, 5) is 26.9. The molecule has 6 rings (SSSR count). The van der Waals surface area contributed by atoms with Gasteiger partial charge in [-0.05, 0) is 17.7 Å². The normalized spacial score (nSPS) is 13.8. The molecular weight excluding hydrogens is 486 g/mol. The zero-order chi connectivity index (χ0) is 25.2. The molecule has 184 valence electrons. The summed E-state index contributed by atoms with van der Waals surface area (Å²) in [5.74, 6) is 1.39. The number of amides is 1. The van der Waals surface area contributed by atoms with Crippen LogP contribution in [-0.4, -0.2) is 52.1 Å². The molecule has 0 atom stereocenters. The van der Waals surface area contributed by atoms with E-state index in [4.69, 9.17) is 26.1 Å². The number of carbonyl (C=O) groups excluding carboxylic acids is 1. The number of nitrogens with zero attached hydrogens (tertiary/aromatic N) is 5. The van der Waals surface area contributed by atoms with E-state index < -0.39 is 0 Å². The number of halogens is 1. The Hall–Kier alpha value is -4.23. The summed E-state index contributed by atoms with van der Waals surface area (Å²) in [5, 5.41) is 5.63. The number of hydrogen-bond acceptors (Lipinski definition) is 6. The highest BCUT2D eigenvalue weighted by molar-refractivity contribution is 6.33. The van der Waals surface area contributed by atoms with Crippen molar-refractivity contribution >= 4 is 34.4 Å². The quantitative estimate of drug-likeness (QED) is 0.312. The molecule has 2 aromatic heterocycles. The van der Waals surface area contributed by atoms with Crippen molar-refractivity contribution in [2.45, 2.75) is 6.42 Å². The van der Waals surface area contributed by atoms with E-state index in [1.807, 2.05) is 65.6 Å². The van der Waals surface area contributed by atoms with Crippen LogP contribution in [0.25, 0.3) is 22.4 Å². The first kappa shape index (κ1) is 23.2. The van der Waals surface area contributed by atoms with Gasteiger partial charge < -0.3 is 14.3 Å². The Balaban J connectivity index is 1.34. The second kappa shape index (κ2) is 10.0. The summed E-state index contributed by atoms with van der Waals surface area (Å²) in [7, 11) is 0. The van der Waals surface area contributed by atoms with Crippen LogP contribution in [0.1, 0.15) is 21.7 Å². The number of fused-ring (bicyclic) bond motifs is 1. The second-order valence-corrected chi connectivity index (χ2v) is 9.37. The molecule has 5 aromatic rings. The molecule has 1 saturated heterocycles. The predicted octanol–water partition coefficient (Wildman–Crippen LogP) is 5.49. The molecule has 1 amide bonds. The van der Waals surface area contributed by atoms with Gasteiger partial charge in [-0.15, -0.1) is 0 Å². The lowest BCUT2D eigenvalue weighted by Crippen LogP contribution is -2.49. The van der Waals surface area contributed by atoms with Crippen LogP contribution in [0.4, 0.5) is 5.82 Å². The Morgan fingerprint density at radius 2 is 1.51 bits per heavy atom. The molecule has 37 heavy (non-hydrogen) atoms. The fraction of sp³-hybridized carbons (Fsp3) is 0.172. The number of hydrogen-bond donors (Lipinski definition) is 0. The van der Waals surface area contributed by atoms with E-state index in [1.54, 1.807) is 12.1 Å². The van der Waals surface area contributed by atoms with Gasteiger partial charge in [-0.2, -0.15) is 4.98 Å². The van der Waals surface area contributed by atoms with Crippen LogP contribution in [0.3, 0.4) is 0 Å². The number of aromatic nitrogens is 3. The van der Waals surface area contributed by atoms with Crippen LogP contribution in [-0.2, 0) is 6.42 Å². The summed E-state index contributed by atoms with van der Waals surface area (Å²) in [5.41, 5.74) is 3.76. The zero-order valence-corrected chi connectivity index (χ0v) is 20.8. The van der Waals surface area contributed by atoms with Crippen molar-refractivity contribution < 1.29 is 9.32 Å². The number of rotatable bonds is 5. The highest BCUT2D eigenvalue weighted by Gasteiger charge is 2.28. The van der Waals surface area contributed by atoms with Crippen LogP contribution < -0.4 is 4.90 Å². The molecule has 0 saturated carbocycles. The van der Waals surface area contributed by atoms with Gasteiger partial charge in [0.1, 0.15) is 22.7 Å². The van der Waals surface area contributed by atoms with Gasteiger partial charge in [-0.3, -0.25) is 4.79 Å². The summed E-state index contributed by atoms with van der Waals surface area (Å²) in [6, 6.07) is 27.2. The number of piperazine rings is 1. The molecule has 3 heterocycles. The Kier molecular flexibility index (Phi) is 6.28. The SMILES string of the molecule is O=C(c1ccccc1Cl)N1CCN(c2nc(Cc3ccccc3)nc3onc(-c4ccccc4)c23)CC1. The van der Waals surface area contributed by atoms with E-state index in [9.17, 15) is 4.79 Å². The Morgan fingerprint density at radius 1 is 0.838 bits per heavy atom. The topological polar surface area (TPSA) is 75.4 Å². The van der Waals surface area contributed by atoms with Crippen molar-refractivity contribution in [3.63, 3.8) is 0 Å². The molecule has 1 fully saturated rings. The van der Waals surface area contributed by atoms with E-state index in [0.717, 1.165) is 22.3 Å². The molecule has 0 spiro atoms. The van der Waals surface area contributed by atoms with Gasteiger partial charge in [0.05, 0.1) is 10.6 Å². The number of carbonyl (C=O) groups is 1. The maximum absolute atomic E-state index is 13.1. The van der Waals surface area contributed by atoms with Crippen molar-refractivity contribution in [3.8, 4) is 11.3 Å². The first-order valence-corrected chi connectivity index (χ1v) is 12.6. The predicted molar refractivity (Wildman–Crippen MR) is 144 cm³/mol. The summed E-state index contributed by atoms with van der Waals surface area (Å²) in [6.07, 6.45) is 0.579. The lowest BCUT2D eigenvalue weighted by molar-refractivity contribution is 0.0746. The number of anilines is 1. The monoisotopic (exact) mass is 509 g/mol. The lowest BCUT2D eigenvalue weighted by Gasteiger charge is -2.35. The van der Waals surface area contributed by atoms with E-state index in [-0.39, 0.29) is 5.91 Å². The fourth-order valence-corrected chi connectivity index (χ4v) is 4.90. The first-order chi connectivity index (χ1) is 18.2. The highest BCUT2D eigenvalue weighted by Crippen LogP contribution is 2.34. The molecule has 3 aromatic carbocycles. The van der Waals surface area contributed by atoms with Crippen molar-refractivity contribution in [1.82, 2.24) is 20.0 Å². The van der Waals surface area contributed by atoms with Crippen molar-refractivity contribution in [3.05, 3.63) is 107 Å². The minimum absolute atomic E-state index is 0.0576. The Labute approximate surface area is 219 Å². The summed E-state index contributed by atoms with van der Waals surface area (Å²) in [6.45, 7) is 2.34. The van der Waals surface area contributed by atoms with Gasteiger partial charge in [0.2, 0.25) is 0 Å². The van der Waals surface area contributed by atoms with Crippen LogP contribution >= 0.6 is 11.6 Å². The molecule has 8 heteroatoms. The first-order valence-electron chi connectivity index (χ1n) is 12.2. The molecule has 7 nitrogen and oxygen atoms in total. The zero-order valence-electron chi connectivity index (χ0n) is 20.0. The molecule has 1 aliphatic heterocycles. The lowest BCUT2D eigenvalue weighted by atomic mass is 10.1. The van der Waals surface area contributed by atoms with E-state index in [0.29, 0.717) is 60.4 Å². The van der Waals surface area contributed by atoms with Crippen molar-refractivity contribution in [1.29, 1.82) is 0 Å². The molecule has 0 N–H and O–H groups in total. The molecule has 1 aliphatic rings. The average Bonchev–Trinajstić information content (AvgIpc) is 3.38. The number of benzene rings is 3. The largest absolute Gasteiger partial charge is 0.352 e. The molecule has 0 radical (unpaired) electrons. The van der Waals surface area contributed by atoms with Gasteiger partial charge in [-0.25, -0.2) is 4.98 Å². The summed E-state index contributed by atoms with van der Waals surface area (Å²) >= 11 is 6.28. The van der Waals surface area contributed by atoms with E-state index in [2.05, 4.69) is 22.2 Å². The molecule has 0 aliphatic carbocycles. The second-order valence-electron chi connectivity index (χ2n) is 8.96. The van der Waals surface area contributed by atoms with Gasteiger partial charge in [0, 0.05) is 38.2 Å². The smallest absolute Gasteiger partial charge is 0.263 e. The third-order valence-electron chi connectivity index (χ3n) is 6.59. The molecule has 0 bridgehead atoms. The van der Waals surface area contributed by atoms with E-state index >= 15 is 0 Å². The van der Waals surface area contributed by atoms with E-state index in [1.165, 1.54) is 0 Å². The fourth-order valence-electron chi connectivity index (χ4n) is 4.69. The van der Waals surface area contributed by atoms with Crippen LogP contribution in [0.5, 0.6) is 0 Å². The van der Waals surface area contributed by atoms with Gasteiger partial charge in [-0.1, -0.05) is 89.6 Å². The van der Waals surface area contributed by atoms with Crippen LogP contribution in [0.2, 0.25) is 5.02 Å². The third kappa shape index (κ3) is 4.66. The van der Waals surface area contributed by atoms with Crippen molar-refractivity contribution in [2.75, 3.05) is 31.1 Å².